The number of fused-ring (bicyclic) bond motifs is 1. The number of carbonyl (C=O) groups excluding carboxylic acids is 1. The summed E-state index contributed by atoms with van der Waals surface area (Å²) >= 11 is 0. The zero-order valence-electron chi connectivity index (χ0n) is 15.1. The van der Waals surface area contributed by atoms with Gasteiger partial charge in [0.05, 0.1) is 17.6 Å². The third kappa shape index (κ3) is 4.62. The third-order valence-corrected chi connectivity index (χ3v) is 6.34. The fourth-order valence-electron chi connectivity index (χ4n) is 3.38. The predicted octanol–water partition coefficient (Wildman–Crippen LogP) is 0.718. The Morgan fingerprint density at radius 3 is 2.81 bits per heavy atom. The second kappa shape index (κ2) is 8.47. The van der Waals surface area contributed by atoms with E-state index < -0.39 is 10.0 Å². The predicted molar refractivity (Wildman–Crippen MR) is 96.5 cm³/mol. The molecule has 1 heterocycles. The summed E-state index contributed by atoms with van der Waals surface area (Å²) < 4.78 is 38.3. The number of hydrogen-bond acceptors (Lipinski definition) is 5. The Labute approximate surface area is 154 Å². The molecule has 1 aromatic carbocycles. The van der Waals surface area contributed by atoms with Crippen LogP contribution in [0, 0.1) is 0 Å². The molecule has 8 heteroatoms. The topological polar surface area (TPSA) is 84.9 Å². The van der Waals surface area contributed by atoms with Crippen molar-refractivity contribution in [3.63, 3.8) is 0 Å². The van der Waals surface area contributed by atoms with E-state index in [0.717, 1.165) is 31.2 Å². The molecule has 1 aliphatic carbocycles. The van der Waals surface area contributed by atoms with Gasteiger partial charge in [0.25, 0.3) is 0 Å². The molecule has 1 aliphatic heterocycles. The molecule has 0 spiro atoms. The monoisotopic (exact) mass is 382 g/mol. The molecular weight excluding hydrogens is 356 g/mol. The smallest absolute Gasteiger partial charge is 0.248 e. The van der Waals surface area contributed by atoms with Gasteiger partial charge in [0, 0.05) is 26.7 Å². The van der Waals surface area contributed by atoms with Gasteiger partial charge in [-0.3, -0.25) is 4.79 Å². The van der Waals surface area contributed by atoms with Crippen molar-refractivity contribution in [3.8, 4) is 0 Å². The van der Waals surface area contributed by atoms with Crippen LogP contribution in [0.5, 0.6) is 0 Å². The maximum Gasteiger partial charge on any atom is 0.248 e. The van der Waals surface area contributed by atoms with E-state index >= 15 is 0 Å². The Morgan fingerprint density at radius 2 is 2.04 bits per heavy atom. The fourth-order valence-corrected chi connectivity index (χ4v) is 4.50. The molecule has 3 rings (SSSR count). The lowest BCUT2D eigenvalue weighted by Crippen LogP contribution is -2.51. The van der Waals surface area contributed by atoms with Crippen molar-refractivity contribution < 1.29 is 22.7 Å². The summed E-state index contributed by atoms with van der Waals surface area (Å²) in [6, 6.07) is 5.38. The molecule has 0 bridgehead atoms. The lowest BCUT2D eigenvalue weighted by molar-refractivity contribution is -0.149. The van der Waals surface area contributed by atoms with Crippen LogP contribution in [-0.4, -0.2) is 65.3 Å². The highest BCUT2D eigenvalue weighted by Crippen LogP contribution is 2.24. The zero-order chi connectivity index (χ0) is 18.6. The maximum absolute atomic E-state index is 12.6. The van der Waals surface area contributed by atoms with Crippen LogP contribution < -0.4 is 4.72 Å². The van der Waals surface area contributed by atoms with Gasteiger partial charge in [-0.2, -0.15) is 0 Å². The van der Waals surface area contributed by atoms with Gasteiger partial charge in [-0.1, -0.05) is 6.07 Å². The first-order valence-electron chi connectivity index (χ1n) is 8.99. The van der Waals surface area contributed by atoms with Crippen LogP contribution in [0.2, 0.25) is 0 Å². The van der Waals surface area contributed by atoms with Crippen LogP contribution in [0.15, 0.2) is 23.1 Å². The van der Waals surface area contributed by atoms with Crippen molar-refractivity contribution >= 4 is 15.9 Å². The van der Waals surface area contributed by atoms with E-state index in [1.807, 2.05) is 6.07 Å². The molecule has 1 atom stereocenters. The molecule has 2 aliphatic rings. The number of sulfonamides is 1. The Hall–Kier alpha value is -1.48. The van der Waals surface area contributed by atoms with Gasteiger partial charge in [0.1, 0.15) is 6.61 Å². The van der Waals surface area contributed by atoms with Crippen molar-refractivity contribution in [1.29, 1.82) is 0 Å². The Morgan fingerprint density at radius 1 is 1.27 bits per heavy atom. The normalized spacial score (nSPS) is 20.9. The average molecular weight is 382 g/mol. The molecule has 1 N–H and O–H groups in total. The van der Waals surface area contributed by atoms with E-state index in [4.69, 9.17) is 9.47 Å². The Bertz CT molecular complexity index is 750. The highest BCUT2D eigenvalue weighted by Gasteiger charge is 2.27. The van der Waals surface area contributed by atoms with E-state index in [0.29, 0.717) is 24.6 Å². The molecule has 1 saturated heterocycles. The molecule has 26 heavy (non-hydrogen) atoms. The average Bonchev–Trinajstić information content (AvgIpc) is 2.66. The van der Waals surface area contributed by atoms with Crippen LogP contribution >= 0.6 is 0 Å². The Balaban J connectivity index is 1.60. The van der Waals surface area contributed by atoms with Crippen molar-refractivity contribution in [3.05, 3.63) is 29.3 Å². The summed E-state index contributed by atoms with van der Waals surface area (Å²) in [5.74, 6) is -0.101. The Kier molecular flexibility index (Phi) is 6.29. The lowest BCUT2D eigenvalue weighted by Gasteiger charge is -2.32. The second-order valence-corrected chi connectivity index (χ2v) is 8.52. The number of methoxy groups -OCH3 is 1. The molecular formula is C18H26N2O5S. The summed E-state index contributed by atoms with van der Waals surface area (Å²) in [6.07, 6.45) is 3.85. The van der Waals surface area contributed by atoms with E-state index in [2.05, 4.69) is 4.72 Å². The molecule has 1 aromatic rings. The SMILES string of the molecule is COCCN1CC(CNS(=O)(=O)c2ccc3c(c2)CCCC3)OCC1=O. The summed E-state index contributed by atoms with van der Waals surface area (Å²) in [5.41, 5.74) is 2.38. The van der Waals surface area contributed by atoms with Crippen LogP contribution in [0.3, 0.4) is 0 Å². The molecule has 144 valence electrons. The van der Waals surface area contributed by atoms with E-state index in [9.17, 15) is 13.2 Å². The number of nitrogens with one attached hydrogen (secondary N) is 1. The minimum atomic E-state index is -3.60. The summed E-state index contributed by atoms with van der Waals surface area (Å²) in [5, 5.41) is 0. The number of benzene rings is 1. The van der Waals surface area contributed by atoms with Gasteiger partial charge in [0.2, 0.25) is 15.9 Å². The minimum absolute atomic E-state index is 0.0328. The quantitative estimate of drug-likeness (QED) is 0.751. The van der Waals surface area contributed by atoms with Gasteiger partial charge in [-0.25, -0.2) is 13.1 Å². The summed E-state index contributed by atoms with van der Waals surface area (Å²) in [4.78, 5) is 13.7. The molecule has 7 nitrogen and oxygen atoms in total. The number of morpholine rings is 1. The van der Waals surface area contributed by atoms with Crippen molar-refractivity contribution in [1.82, 2.24) is 9.62 Å². The summed E-state index contributed by atoms with van der Waals surface area (Å²) in [7, 11) is -2.02. The number of aryl methyl sites for hydroxylation is 2. The van der Waals surface area contributed by atoms with Gasteiger partial charge in [-0.15, -0.1) is 0 Å². The summed E-state index contributed by atoms with van der Waals surface area (Å²) in [6.45, 7) is 1.38. The van der Waals surface area contributed by atoms with E-state index in [-0.39, 0.29) is 25.2 Å². The highest BCUT2D eigenvalue weighted by atomic mass is 32.2. The maximum atomic E-state index is 12.6. The fraction of sp³-hybridized carbons (Fsp3) is 0.611. The minimum Gasteiger partial charge on any atom is -0.383 e. The zero-order valence-corrected chi connectivity index (χ0v) is 15.9. The van der Waals surface area contributed by atoms with Crippen molar-refractivity contribution in [2.75, 3.05) is 40.0 Å². The van der Waals surface area contributed by atoms with Crippen LogP contribution in [-0.2, 0) is 37.1 Å². The molecule has 1 unspecified atom stereocenters. The number of ether oxygens (including phenoxy) is 2. The van der Waals surface area contributed by atoms with Gasteiger partial charge >= 0.3 is 0 Å². The van der Waals surface area contributed by atoms with Crippen LogP contribution in [0.25, 0.3) is 0 Å². The molecule has 0 radical (unpaired) electrons. The van der Waals surface area contributed by atoms with Crippen LogP contribution in [0.4, 0.5) is 0 Å². The first-order chi connectivity index (χ1) is 12.5. The number of carbonyl (C=O) groups is 1. The van der Waals surface area contributed by atoms with Crippen LogP contribution in [0.1, 0.15) is 24.0 Å². The standard InChI is InChI=1S/C18H26N2O5S/c1-24-9-8-20-12-16(25-13-18(20)21)11-19-26(22,23)17-7-6-14-4-2-3-5-15(14)10-17/h6-7,10,16,19H,2-5,8-9,11-13H2,1H3. The van der Waals surface area contributed by atoms with Gasteiger partial charge < -0.3 is 14.4 Å². The molecule has 1 fully saturated rings. The highest BCUT2D eigenvalue weighted by molar-refractivity contribution is 7.89. The number of nitrogens with zero attached hydrogens (tertiary/aromatic N) is 1. The van der Waals surface area contributed by atoms with E-state index in [1.165, 1.54) is 5.56 Å². The number of rotatable bonds is 7. The number of hydrogen-bond donors (Lipinski definition) is 1. The van der Waals surface area contributed by atoms with Gasteiger partial charge in [0.15, 0.2) is 0 Å². The van der Waals surface area contributed by atoms with Gasteiger partial charge in [-0.05, 0) is 48.9 Å². The third-order valence-electron chi connectivity index (χ3n) is 4.92. The molecule has 0 aromatic heterocycles. The number of amides is 1. The second-order valence-electron chi connectivity index (χ2n) is 6.76. The largest absolute Gasteiger partial charge is 0.383 e. The molecule has 1 amide bonds. The molecule has 0 saturated carbocycles. The van der Waals surface area contributed by atoms with E-state index in [1.54, 1.807) is 24.1 Å². The van der Waals surface area contributed by atoms with Crippen molar-refractivity contribution in [2.45, 2.75) is 36.7 Å². The first kappa shape index (κ1) is 19.3. The lowest BCUT2D eigenvalue weighted by atomic mass is 9.92. The van der Waals surface area contributed by atoms with Crippen molar-refractivity contribution in [2.24, 2.45) is 0 Å². The first-order valence-corrected chi connectivity index (χ1v) is 10.5.